The standard InChI is InChI=1S/C17H26N2O/c1-13(14-5-3-2-4-6-14)11-12-19-16-9-7-15(8-10-16)17(18)20/h2-6,13,15-16,19H,7-12H2,1H3,(H2,18,20). The maximum Gasteiger partial charge on any atom is 0.220 e. The van der Waals surface area contributed by atoms with Gasteiger partial charge >= 0.3 is 0 Å². The van der Waals surface area contributed by atoms with Gasteiger partial charge in [-0.25, -0.2) is 0 Å². The number of hydrogen-bond donors (Lipinski definition) is 2. The van der Waals surface area contributed by atoms with Gasteiger partial charge in [-0.1, -0.05) is 37.3 Å². The molecule has 1 aromatic rings. The molecule has 1 aliphatic rings. The van der Waals surface area contributed by atoms with E-state index in [0.717, 1.165) is 38.6 Å². The molecule has 1 atom stereocenters. The van der Waals surface area contributed by atoms with E-state index in [4.69, 9.17) is 5.73 Å². The van der Waals surface area contributed by atoms with Crippen LogP contribution in [0.3, 0.4) is 0 Å². The molecule has 0 bridgehead atoms. The predicted octanol–water partition coefficient (Wildman–Crippen LogP) is 2.81. The minimum absolute atomic E-state index is 0.108. The highest BCUT2D eigenvalue weighted by Gasteiger charge is 2.24. The summed E-state index contributed by atoms with van der Waals surface area (Å²) < 4.78 is 0. The lowest BCUT2D eigenvalue weighted by atomic mass is 9.85. The number of carbonyl (C=O) groups is 1. The fourth-order valence-corrected chi connectivity index (χ4v) is 3.03. The molecule has 0 saturated heterocycles. The van der Waals surface area contributed by atoms with Crippen molar-refractivity contribution in [1.82, 2.24) is 5.32 Å². The predicted molar refractivity (Wildman–Crippen MR) is 82.4 cm³/mol. The van der Waals surface area contributed by atoms with Gasteiger partial charge in [0.05, 0.1) is 0 Å². The van der Waals surface area contributed by atoms with Gasteiger partial charge in [0.25, 0.3) is 0 Å². The third-order valence-corrected chi connectivity index (χ3v) is 4.51. The maximum absolute atomic E-state index is 11.1. The zero-order chi connectivity index (χ0) is 14.4. The molecule has 1 amide bonds. The van der Waals surface area contributed by atoms with Gasteiger partial charge in [-0.3, -0.25) is 4.79 Å². The molecule has 3 N–H and O–H groups in total. The summed E-state index contributed by atoms with van der Waals surface area (Å²) in [5.74, 6) is 0.572. The molecule has 0 heterocycles. The van der Waals surface area contributed by atoms with E-state index in [1.807, 2.05) is 0 Å². The van der Waals surface area contributed by atoms with Crippen LogP contribution >= 0.6 is 0 Å². The first-order valence-electron chi connectivity index (χ1n) is 7.74. The second-order valence-corrected chi connectivity index (χ2v) is 6.01. The van der Waals surface area contributed by atoms with E-state index in [1.165, 1.54) is 5.56 Å². The van der Waals surface area contributed by atoms with Crippen LogP contribution in [0.5, 0.6) is 0 Å². The molecule has 0 radical (unpaired) electrons. The first-order valence-corrected chi connectivity index (χ1v) is 7.74. The molecule has 1 aromatic carbocycles. The molecule has 1 saturated carbocycles. The molecule has 20 heavy (non-hydrogen) atoms. The Morgan fingerprint density at radius 1 is 1.25 bits per heavy atom. The highest BCUT2D eigenvalue weighted by Crippen LogP contribution is 2.24. The molecule has 3 heteroatoms. The first kappa shape index (κ1) is 15.0. The molecule has 0 aliphatic heterocycles. The Morgan fingerprint density at radius 2 is 1.90 bits per heavy atom. The van der Waals surface area contributed by atoms with Crippen molar-refractivity contribution in [3.8, 4) is 0 Å². The van der Waals surface area contributed by atoms with Crippen molar-refractivity contribution < 1.29 is 4.79 Å². The van der Waals surface area contributed by atoms with Crippen LogP contribution in [0.25, 0.3) is 0 Å². The molecule has 3 nitrogen and oxygen atoms in total. The summed E-state index contributed by atoms with van der Waals surface area (Å²) in [4.78, 5) is 11.1. The van der Waals surface area contributed by atoms with Gasteiger partial charge in [0.2, 0.25) is 5.91 Å². The van der Waals surface area contributed by atoms with Crippen LogP contribution in [0.2, 0.25) is 0 Å². The number of nitrogens with one attached hydrogen (secondary N) is 1. The summed E-state index contributed by atoms with van der Waals surface area (Å²) >= 11 is 0. The lowest BCUT2D eigenvalue weighted by molar-refractivity contribution is -0.122. The molecule has 1 fully saturated rings. The van der Waals surface area contributed by atoms with Crippen molar-refractivity contribution in [2.24, 2.45) is 11.7 Å². The van der Waals surface area contributed by atoms with E-state index in [1.54, 1.807) is 0 Å². The molecule has 110 valence electrons. The SMILES string of the molecule is CC(CCNC1CCC(C(N)=O)CC1)c1ccccc1. The fraction of sp³-hybridized carbons (Fsp3) is 0.588. The quantitative estimate of drug-likeness (QED) is 0.838. The summed E-state index contributed by atoms with van der Waals surface area (Å²) in [5.41, 5.74) is 6.77. The fourth-order valence-electron chi connectivity index (χ4n) is 3.03. The van der Waals surface area contributed by atoms with E-state index >= 15 is 0 Å². The lowest BCUT2D eigenvalue weighted by Crippen LogP contribution is -2.37. The Kier molecular flexibility index (Phi) is 5.60. The third kappa shape index (κ3) is 4.34. The zero-order valence-corrected chi connectivity index (χ0v) is 12.3. The molecule has 0 aromatic heterocycles. The minimum atomic E-state index is -0.124. The van der Waals surface area contributed by atoms with Gasteiger partial charge in [0.15, 0.2) is 0 Å². The second-order valence-electron chi connectivity index (χ2n) is 6.01. The number of nitrogens with two attached hydrogens (primary N) is 1. The minimum Gasteiger partial charge on any atom is -0.369 e. The zero-order valence-electron chi connectivity index (χ0n) is 12.3. The molecule has 2 rings (SSSR count). The van der Waals surface area contributed by atoms with Gasteiger partial charge in [0, 0.05) is 12.0 Å². The monoisotopic (exact) mass is 274 g/mol. The molecular weight excluding hydrogens is 248 g/mol. The van der Waals surface area contributed by atoms with E-state index in [9.17, 15) is 4.79 Å². The van der Waals surface area contributed by atoms with Crippen LogP contribution in [0, 0.1) is 5.92 Å². The van der Waals surface area contributed by atoms with E-state index < -0.39 is 0 Å². The van der Waals surface area contributed by atoms with Crippen molar-refractivity contribution in [2.75, 3.05) is 6.54 Å². The highest BCUT2D eigenvalue weighted by atomic mass is 16.1. The van der Waals surface area contributed by atoms with Crippen LogP contribution in [0.4, 0.5) is 0 Å². The van der Waals surface area contributed by atoms with Gasteiger partial charge in [-0.05, 0) is 50.1 Å². The van der Waals surface area contributed by atoms with Gasteiger partial charge in [0.1, 0.15) is 0 Å². The smallest absolute Gasteiger partial charge is 0.220 e. The van der Waals surface area contributed by atoms with Crippen LogP contribution in [0.15, 0.2) is 30.3 Å². The topological polar surface area (TPSA) is 55.1 Å². The number of primary amides is 1. The summed E-state index contributed by atoms with van der Waals surface area (Å²) in [6.07, 6.45) is 5.20. The second kappa shape index (κ2) is 7.44. The van der Waals surface area contributed by atoms with Crippen molar-refractivity contribution in [3.05, 3.63) is 35.9 Å². The Labute approximate surface area is 121 Å². The van der Waals surface area contributed by atoms with Gasteiger partial charge < -0.3 is 11.1 Å². The van der Waals surface area contributed by atoms with Gasteiger partial charge in [-0.15, -0.1) is 0 Å². The number of carbonyl (C=O) groups excluding carboxylic acids is 1. The lowest BCUT2D eigenvalue weighted by Gasteiger charge is -2.27. The normalized spacial score (nSPS) is 24.2. The van der Waals surface area contributed by atoms with Crippen LogP contribution in [-0.4, -0.2) is 18.5 Å². The van der Waals surface area contributed by atoms with E-state index in [0.29, 0.717) is 12.0 Å². The average molecular weight is 274 g/mol. The van der Waals surface area contributed by atoms with Crippen LogP contribution in [0.1, 0.15) is 50.5 Å². The van der Waals surface area contributed by atoms with Crippen LogP contribution < -0.4 is 11.1 Å². The maximum atomic E-state index is 11.1. The Bertz CT molecular complexity index is 410. The third-order valence-electron chi connectivity index (χ3n) is 4.51. The molecule has 0 spiro atoms. The van der Waals surface area contributed by atoms with Crippen molar-refractivity contribution >= 4 is 5.91 Å². The van der Waals surface area contributed by atoms with Crippen molar-refractivity contribution in [1.29, 1.82) is 0 Å². The molecule has 1 unspecified atom stereocenters. The first-order chi connectivity index (χ1) is 9.66. The Hall–Kier alpha value is -1.35. The van der Waals surface area contributed by atoms with Crippen molar-refractivity contribution in [3.63, 3.8) is 0 Å². The molecule has 1 aliphatic carbocycles. The number of amides is 1. The van der Waals surface area contributed by atoms with E-state index in [-0.39, 0.29) is 11.8 Å². The summed E-state index contributed by atoms with van der Waals surface area (Å²) in [6, 6.07) is 11.2. The van der Waals surface area contributed by atoms with Crippen LogP contribution in [-0.2, 0) is 4.79 Å². The van der Waals surface area contributed by atoms with E-state index in [2.05, 4.69) is 42.6 Å². The summed E-state index contributed by atoms with van der Waals surface area (Å²) in [5, 5.41) is 3.63. The number of rotatable bonds is 6. The average Bonchev–Trinajstić information content (AvgIpc) is 2.48. The van der Waals surface area contributed by atoms with Crippen molar-refractivity contribution in [2.45, 2.75) is 51.0 Å². The number of hydrogen-bond acceptors (Lipinski definition) is 2. The highest BCUT2D eigenvalue weighted by molar-refractivity contribution is 5.76. The molecular formula is C17H26N2O. The Balaban J connectivity index is 1.66. The summed E-state index contributed by atoms with van der Waals surface area (Å²) in [6.45, 7) is 3.32. The summed E-state index contributed by atoms with van der Waals surface area (Å²) in [7, 11) is 0. The largest absolute Gasteiger partial charge is 0.369 e. The number of benzene rings is 1. The Morgan fingerprint density at radius 3 is 2.50 bits per heavy atom. The van der Waals surface area contributed by atoms with Gasteiger partial charge in [-0.2, -0.15) is 0 Å².